The fourth-order valence-corrected chi connectivity index (χ4v) is 5.95. The molecule has 0 aliphatic rings. The molecule has 0 fully saturated rings. The first-order valence-corrected chi connectivity index (χ1v) is 14.4. The molecule has 5 heteroatoms. The fourth-order valence-electron chi connectivity index (χ4n) is 3.06. The molecule has 0 aromatic heterocycles. The Morgan fingerprint density at radius 3 is 1.65 bits per heavy atom. The average molecular weight is 512 g/mol. The van der Waals surface area contributed by atoms with Gasteiger partial charge in [0.15, 0.2) is 0 Å². The van der Waals surface area contributed by atoms with Gasteiger partial charge in [0.25, 0.3) is 0 Å². The minimum absolute atomic E-state index is 0.0872. The Balaban J connectivity index is 3.06. The summed E-state index contributed by atoms with van der Waals surface area (Å²) in [5.74, 6) is -0.211. The first-order chi connectivity index (χ1) is 12.7. The molecule has 0 amide bonds. The van der Waals surface area contributed by atoms with E-state index in [4.69, 9.17) is 4.74 Å². The second-order valence-corrected chi connectivity index (χ2v) is 15.1. The van der Waals surface area contributed by atoms with Gasteiger partial charge in [0.2, 0.25) is 0 Å². The van der Waals surface area contributed by atoms with Gasteiger partial charge < -0.3 is 4.74 Å². The zero-order valence-corrected chi connectivity index (χ0v) is 21.4. The molecular formula is C21H40Br2O2Si. The lowest BCUT2D eigenvalue weighted by Gasteiger charge is -2.04. The molecule has 0 atom stereocenters. The molecule has 0 saturated heterocycles. The summed E-state index contributed by atoms with van der Waals surface area (Å²) in [6, 6.07) is 1.47. The van der Waals surface area contributed by atoms with Crippen LogP contribution in [0.5, 0.6) is 0 Å². The lowest BCUT2D eigenvalue weighted by molar-refractivity contribution is -0.137. The first-order valence-electron chi connectivity index (χ1n) is 10.7. The van der Waals surface area contributed by atoms with Gasteiger partial charge in [-0.25, -0.2) is 4.79 Å². The summed E-state index contributed by atoms with van der Waals surface area (Å²) in [6.45, 7) is 2.40. The van der Waals surface area contributed by atoms with Crippen molar-refractivity contribution in [2.24, 2.45) is 0 Å². The maximum Gasteiger partial charge on any atom is 0.330 e. The molecule has 0 rings (SSSR count). The Kier molecular flexibility index (Phi) is 22.0. The normalized spacial score (nSPS) is 12.0. The Bertz CT molecular complexity index is 336. The van der Waals surface area contributed by atoms with E-state index >= 15 is 0 Å². The molecule has 26 heavy (non-hydrogen) atoms. The van der Waals surface area contributed by atoms with Gasteiger partial charge in [-0.05, 0) is 13.3 Å². The van der Waals surface area contributed by atoms with Gasteiger partial charge >= 0.3 is 5.97 Å². The molecule has 2 nitrogen and oxygen atoms in total. The fraction of sp³-hybridized carbons (Fsp3) is 0.857. The number of esters is 1. The maximum absolute atomic E-state index is 11.1. The van der Waals surface area contributed by atoms with Gasteiger partial charge in [0.1, 0.15) is 0 Å². The molecule has 0 bridgehead atoms. The Hall–Kier alpha value is 0.387. The number of allylic oxidation sites excluding steroid dienone is 1. The summed E-state index contributed by atoms with van der Waals surface area (Å²) in [7, 11) is 0.0872. The van der Waals surface area contributed by atoms with Crippen LogP contribution in [-0.2, 0) is 9.53 Å². The summed E-state index contributed by atoms with van der Waals surface area (Å²) in [5.41, 5.74) is 0. The molecule has 0 aromatic carbocycles. The van der Waals surface area contributed by atoms with Gasteiger partial charge in [0, 0.05) is 15.6 Å². The van der Waals surface area contributed by atoms with Gasteiger partial charge in [0.05, 0.1) is 9.97 Å². The smallest absolute Gasteiger partial charge is 0.330 e. The van der Waals surface area contributed by atoms with Crippen molar-refractivity contribution in [3.8, 4) is 0 Å². The van der Waals surface area contributed by atoms with E-state index in [1.807, 2.05) is 6.92 Å². The zero-order chi connectivity index (χ0) is 19.3. The van der Waals surface area contributed by atoms with Crippen LogP contribution in [0.3, 0.4) is 0 Å². The minimum atomic E-state index is -0.211. The third-order valence-electron chi connectivity index (χ3n) is 4.61. The highest BCUT2D eigenvalue weighted by molar-refractivity contribution is 9.25. The molecule has 0 N–H and O–H groups in total. The third kappa shape index (κ3) is 22.4. The molecule has 0 aromatic rings. The largest absolute Gasteiger partial charge is 0.463 e. The second kappa shape index (κ2) is 21.7. The SMILES string of the molecule is CC=CC(=O)OCCCCCCCCCCCCCCCC[SiH2]C(Br)Br. The molecule has 0 heterocycles. The molecular weight excluding hydrogens is 472 g/mol. The number of ether oxygens (including phenoxy) is 1. The standard InChI is InChI=1S/C21H40Br2O2Si/c1-2-17-20(24)25-18-15-13-11-9-7-5-3-4-6-8-10-12-14-16-19-26-21(22)23/h2,17,21H,3-16,18-19,26H2,1H3. The van der Waals surface area contributed by atoms with E-state index < -0.39 is 0 Å². The Morgan fingerprint density at radius 1 is 0.808 bits per heavy atom. The summed E-state index contributed by atoms with van der Waals surface area (Å²) in [6.07, 6.45) is 22.2. The summed E-state index contributed by atoms with van der Waals surface area (Å²) >= 11 is 7.18. The van der Waals surface area contributed by atoms with E-state index in [-0.39, 0.29) is 15.5 Å². The lowest BCUT2D eigenvalue weighted by Crippen LogP contribution is -2.01. The van der Waals surface area contributed by atoms with Crippen LogP contribution in [0.15, 0.2) is 12.2 Å². The van der Waals surface area contributed by atoms with Crippen LogP contribution in [0.1, 0.15) is 96.8 Å². The van der Waals surface area contributed by atoms with Crippen molar-refractivity contribution in [3.05, 3.63) is 12.2 Å². The van der Waals surface area contributed by atoms with Crippen LogP contribution < -0.4 is 0 Å². The summed E-state index contributed by atoms with van der Waals surface area (Å²) in [5, 5.41) is 0. The maximum atomic E-state index is 11.1. The van der Waals surface area contributed by atoms with Gasteiger partial charge in [-0.15, -0.1) is 0 Å². The number of hydrogen-bond donors (Lipinski definition) is 0. The van der Waals surface area contributed by atoms with Crippen LogP contribution in [0.25, 0.3) is 0 Å². The van der Waals surface area contributed by atoms with Crippen LogP contribution in [0, 0.1) is 0 Å². The Labute approximate surface area is 181 Å². The number of halogens is 2. The number of rotatable bonds is 19. The first kappa shape index (κ1) is 26.4. The second-order valence-electron chi connectivity index (χ2n) is 7.15. The number of alkyl halides is 2. The van der Waals surface area contributed by atoms with Crippen LogP contribution in [0.2, 0.25) is 6.04 Å². The number of carbonyl (C=O) groups excluding carboxylic acids is 1. The van der Waals surface area contributed by atoms with Gasteiger partial charge in [-0.3, -0.25) is 0 Å². The van der Waals surface area contributed by atoms with E-state index in [1.165, 1.54) is 95.6 Å². The van der Waals surface area contributed by atoms with Gasteiger partial charge in [-0.1, -0.05) is 127 Å². The lowest BCUT2D eigenvalue weighted by atomic mass is 10.0. The van der Waals surface area contributed by atoms with Crippen LogP contribution in [0.4, 0.5) is 0 Å². The summed E-state index contributed by atoms with van der Waals surface area (Å²) in [4.78, 5) is 11.1. The zero-order valence-electron chi connectivity index (χ0n) is 16.8. The van der Waals surface area contributed by atoms with E-state index in [0.29, 0.717) is 9.97 Å². The highest BCUT2D eigenvalue weighted by Crippen LogP contribution is 2.14. The van der Waals surface area contributed by atoms with E-state index in [2.05, 4.69) is 31.9 Å². The van der Waals surface area contributed by atoms with Crippen LogP contribution in [-0.4, -0.2) is 25.5 Å². The van der Waals surface area contributed by atoms with Crippen molar-refractivity contribution in [1.29, 1.82) is 0 Å². The number of hydrogen-bond acceptors (Lipinski definition) is 2. The average Bonchev–Trinajstić information content (AvgIpc) is 2.60. The highest BCUT2D eigenvalue weighted by atomic mass is 79.9. The minimum Gasteiger partial charge on any atom is -0.463 e. The van der Waals surface area contributed by atoms with Crippen molar-refractivity contribution in [3.63, 3.8) is 0 Å². The van der Waals surface area contributed by atoms with Crippen molar-refractivity contribution < 1.29 is 9.53 Å². The number of unbranched alkanes of at least 4 members (excludes halogenated alkanes) is 13. The van der Waals surface area contributed by atoms with Gasteiger partial charge in [-0.2, -0.15) is 0 Å². The quantitative estimate of drug-likeness (QED) is 0.0600. The topological polar surface area (TPSA) is 26.3 Å². The van der Waals surface area contributed by atoms with Crippen molar-refractivity contribution in [2.45, 2.75) is 106 Å². The predicted octanol–water partition coefficient (Wildman–Crippen LogP) is 7.23. The summed E-state index contributed by atoms with van der Waals surface area (Å²) < 4.78 is 5.72. The molecule has 0 aliphatic heterocycles. The van der Waals surface area contributed by atoms with Crippen LogP contribution >= 0.6 is 31.9 Å². The van der Waals surface area contributed by atoms with Crippen molar-refractivity contribution >= 4 is 47.3 Å². The number of carbonyl (C=O) groups is 1. The monoisotopic (exact) mass is 510 g/mol. The van der Waals surface area contributed by atoms with E-state index in [0.717, 1.165) is 6.42 Å². The molecule has 154 valence electrons. The van der Waals surface area contributed by atoms with Crippen molar-refractivity contribution in [1.82, 2.24) is 0 Å². The van der Waals surface area contributed by atoms with E-state index in [1.54, 1.807) is 6.08 Å². The highest BCUT2D eigenvalue weighted by Gasteiger charge is 1.99. The van der Waals surface area contributed by atoms with Crippen molar-refractivity contribution in [2.75, 3.05) is 6.61 Å². The third-order valence-corrected chi connectivity index (χ3v) is 8.71. The molecule has 0 saturated carbocycles. The Morgan fingerprint density at radius 2 is 1.23 bits per heavy atom. The molecule has 0 unspecified atom stereocenters. The predicted molar refractivity (Wildman–Crippen MR) is 125 cm³/mol. The molecule has 0 aliphatic carbocycles. The molecule has 0 spiro atoms. The van der Waals surface area contributed by atoms with E-state index in [9.17, 15) is 4.79 Å². The molecule has 0 radical (unpaired) electrons.